The number of hydrogen-bond acceptors (Lipinski definition) is 4. The van der Waals surface area contributed by atoms with Gasteiger partial charge in [0.05, 0.1) is 19.4 Å². The molecule has 1 aromatic rings. The zero-order valence-corrected chi connectivity index (χ0v) is 8.53. The molecule has 1 aliphatic heterocycles. The van der Waals surface area contributed by atoms with Gasteiger partial charge in [0, 0.05) is 0 Å². The summed E-state index contributed by atoms with van der Waals surface area (Å²) in [5.41, 5.74) is 0.425. The molecule has 2 rings (SSSR count). The fourth-order valence-corrected chi connectivity index (χ4v) is 1.63. The summed E-state index contributed by atoms with van der Waals surface area (Å²) in [5, 5.41) is 0. The first-order chi connectivity index (χ1) is 7.61. The van der Waals surface area contributed by atoms with Gasteiger partial charge < -0.3 is 9.47 Å². The van der Waals surface area contributed by atoms with Gasteiger partial charge in [-0.05, 0) is 17.7 Å². The van der Waals surface area contributed by atoms with E-state index in [0.29, 0.717) is 5.56 Å². The maximum atomic E-state index is 13.4. The molecule has 1 unspecified atom stereocenters. The lowest BCUT2D eigenvalue weighted by molar-refractivity contribution is -0.152. The Balaban J connectivity index is 2.31. The molecule has 0 aromatic heterocycles. The first-order valence-corrected chi connectivity index (χ1v) is 4.70. The summed E-state index contributed by atoms with van der Waals surface area (Å²) in [6, 6.07) is 4.15. The number of carbonyl (C=O) groups excluding carboxylic acids is 2. The quantitative estimate of drug-likeness (QED) is 0.562. The van der Waals surface area contributed by atoms with E-state index >= 15 is 0 Å². The Kier molecular flexibility index (Phi) is 2.60. The van der Waals surface area contributed by atoms with Gasteiger partial charge in [0.1, 0.15) is 0 Å². The number of hydrogen-bond donors (Lipinski definition) is 0. The molecule has 1 aliphatic rings. The number of methoxy groups -OCH3 is 1. The van der Waals surface area contributed by atoms with Gasteiger partial charge in [-0.1, -0.05) is 6.07 Å². The topological polar surface area (TPSA) is 52.6 Å². The fraction of sp³-hybridized carbons (Fsp3) is 0.273. The van der Waals surface area contributed by atoms with Gasteiger partial charge in [0.2, 0.25) is 0 Å². The minimum absolute atomic E-state index is 0.0371. The van der Waals surface area contributed by atoms with E-state index in [2.05, 4.69) is 4.74 Å². The molecule has 4 nitrogen and oxygen atoms in total. The van der Waals surface area contributed by atoms with Crippen LogP contribution in [0.1, 0.15) is 17.9 Å². The number of halogens is 1. The van der Waals surface area contributed by atoms with Gasteiger partial charge in [0.15, 0.2) is 11.6 Å². The zero-order valence-electron chi connectivity index (χ0n) is 8.53. The molecule has 1 saturated heterocycles. The summed E-state index contributed by atoms with van der Waals surface area (Å²) < 4.78 is 22.5. The molecular formula is C11H9FO4. The van der Waals surface area contributed by atoms with Gasteiger partial charge in [-0.3, -0.25) is 9.59 Å². The highest BCUT2D eigenvalue weighted by Crippen LogP contribution is 2.30. The van der Waals surface area contributed by atoms with Crippen molar-refractivity contribution < 1.29 is 23.5 Å². The van der Waals surface area contributed by atoms with Crippen molar-refractivity contribution in [3.63, 3.8) is 0 Å². The Bertz CT molecular complexity index is 455. The summed E-state index contributed by atoms with van der Waals surface area (Å²) in [7, 11) is 1.35. The highest BCUT2D eigenvalue weighted by Gasteiger charge is 2.34. The predicted molar refractivity (Wildman–Crippen MR) is 51.4 cm³/mol. The van der Waals surface area contributed by atoms with Crippen LogP contribution in [0.15, 0.2) is 18.2 Å². The van der Waals surface area contributed by atoms with E-state index in [1.807, 2.05) is 0 Å². The summed E-state index contributed by atoms with van der Waals surface area (Å²) in [6.45, 7) is 0. The Labute approximate surface area is 91.0 Å². The van der Waals surface area contributed by atoms with Crippen LogP contribution in [0.2, 0.25) is 0 Å². The summed E-state index contributed by atoms with van der Waals surface area (Å²) >= 11 is 0. The van der Waals surface area contributed by atoms with E-state index in [-0.39, 0.29) is 12.2 Å². The van der Waals surface area contributed by atoms with Crippen LogP contribution in [0.3, 0.4) is 0 Å². The lowest BCUT2D eigenvalue weighted by Gasteiger charge is -2.07. The van der Waals surface area contributed by atoms with Crippen molar-refractivity contribution >= 4 is 11.9 Å². The molecule has 1 atom stereocenters. The second-order valence-electron chi connectivity index (χ2n) is 3.44. The second kappa shape index (κ2) is 3.92. The van der Waals surface area contributed by atoms with Crippen LogP contribution < -0.4 is 4.74 Å². The molecule has 0 aliphatic carbocycles. The van der Waals surface area contributed by atoms with E-state index in [1.54, 1.807) is 6.07 Å². The number of rotatable bonds is 2. The maximum absolute atomic E-state index is 13.4. The molecule has 1 heterocycles. The van der Waals surface area contributed by atoms with Crippen LogP contribution >= 0.6 is 0 Å². The first kappa shape index (κ1) is 10.6. The number of esters is 2. The smallest absolute Gasteiger partial charge is 0.321 e. The molecular weight excluding hydrogens is 215 g/mol. The van der Waals surface area contributed by atoms with Crippen molar-refractivity contribution in [2.24, 2.45) is 0 Å². The lowest BCUT2D eigenvalue weighted by atomic mass is 9.97. The molecule has 84 valence electrons. The van der Waals surface area contributed by atoms with Crippen LogP contribution in [-0.2, 0) is 14.3 Å². The molecule has 0 N–H and O–H groups in total. The third kappa shape index (κ3) is 1.76. The molecule has 0 saturated carbocycles. The van der Waals surface area contributed by atoms with Gasteiger partial charge in [-0.15, -0.1) is 0 Å². The van der Waals surface area contributed by atoms with Crippen molar-refractivity contribution in [1.82, 2.24) is 0 Å². The molecule has 0 amide bonds. The molecule has 16 heavy (non-hydrogen) atoms. The Morgan fingerprint density at radius 1 is 1.44 bits per heavy atom. The van der Waals surface area contributed by atoms with E-state index in [1.165, 1.54) is 19.2 Å². The molecule has 1 aromatic carbocycles. The minimum atomic E-state index is -0.701. The van der Waals surface area contributed by atoms with Crippen molar-refractivity contribution in [2.75, 3.05) is 7.11 Å². The predicted octanol–water partition coefficient (Wildman–Crippen LogP) is 1.39. The fourth-order valence-electron chi connectivity index (χ4n) is 1.63. The van der Waals surface area contributed by atoms with Crippen LogP contribution in [0.4, 0.5) is 4.39 Å². The van der Waals surface area contributed by atoms with E-state index in [4.69, 9.17) is 4.74 Å². The zero-order chi connectivity index (χ0) is 11.7. The SMILES string of the molecule is COc1ccc(C2CC(=O)OC2=O)cc1F. The van der Waals surface area contributed by atoms with E-state index in [9.17, 15) is 14.0 Å². The average molecular weight is 224 g/mol. The van der Waals surface area contributed by atoms with Crippen molar-refractivity contribution in [1.29, 1.82) is 0 Å². The number of ether oxygens (including phenoxy) is 2. The van der Waals surface area contributed by atoms with Gasteiger partial charge in [-0.2, -0.15) is 0 Å². The average Bonchev–Trinajstić information content (AvgIpc) is 2.58. The monoisotopic (exact) mass is 224 g/mol. The lowest BCUT2D eigenvalue weighted by Crippen LogP contribution is -2.06. The third-order valence-corrected chi connectivity index (χ3v) is 2.45. The standard InChI is InChI=1S/C11H9FO4/c1-15-9-3-2-6(4-8(9)12)7-5-10(13)16-11(7)14/h2-4,7H,5H2,1H3. The summed E-state index contributed by atoms with van der Waals surface area (Å²) in [5.74, 6) is -2.37. The number of cyclic esters (lactones) is 2. The molecule has 0 radical (unpaired) electrons. The van der Waals surface area contributed by atoms with Crippen LogP contribution in [0.5, 0.6) is 5.75 Å². The Hall–Kier alpha value is -1.91. The normalized spacial score (nSPS) is 19.8. The van der Waals surface area contributed by atoms with Crippen LogP contribution in [0.25, 0.3) is 0 Å². The van der Waals surface area contributed by atoms with Gasteiger partial charge in [-0.25, -0.2) is 4.39 Å². The first-order valence-electron chi connectivity index (χ1n) is 4.70. The summed E-state index contributed by atoms with van der Waals surface area (Å²) in [6.07, 6.45) is -0.0371. The number of benzene rings is 1. The van der Waals surface area contributed by atoms with E-state index < -0.39 is 23.7 Å². The van der Waals surface area contributed by atoms with E-state index in [0.717, 1.165) is 0 Å². The highest BCUT2D eigenvalue weighted by atomic mass is 19.1. The Morgan fingerprint density at radius 3 is 2.69 bits per heavy atom. The second-order valence-corrected chi connectivity index (χ2v) is 3.44. The van der Waals surface area contributed by atoms with Crippen molar-refractivity contribution in [2.45, 2.75) is 12.3 Å². The Morgan fingerprint density at radius 2 is 2.19 bits per heavy atom. The van der Waals surface area contributed by atoms with Gasteiger partial charge in [0.25, 0.3) is 0 Å². The summed E-state index contributed by atoms with van der Waals surface area (Å²) in [4.78, 5) is 22.1. The minimum Gasteiger partial charge on any atom is -0.494 e. The van der Waals surface area contributed by atoms with Crippen LogP contribution in [0, 0.1) is 5.82 Å². The molecule has 1 fully saturated rings. The van der Waals surface area contributed by atoms with Gasteiger partial charge >= 0.3 is 11.9 Å². The third-order valence-electron chi connectivity index (χ3n) is 2.45. The maximum Gasteiger partial charge on any atom is 0.321 e. The number of carbonyl (C=O) groups is 2. The van der Waals surface area contributed by atoms with Crippen molar-refractivity contribution in [3.8, 4) is 5.75 Å². The van der Waals surface area contributed by atoms with Crippen LogP contribution in [-0.4, -0.2) is 19.0 Å². The van der Waals surface area contributed by atoms with Crippen molar-refractivity contribution in [3.05, 3.63) is 29.6 Å². The molecule has 0 bridgehead atoms. The largest absolute Gasteiger partial charge is 0.494 e. The highest BCUT2D eigenvalue weighted by molar-refractivity contribution is 5.97. The molecule has 0 spiro atoms. The molecule has 5 heteroatoms.